The first-order chi connectivity index (χ1) is 16.8. The number of likely N-dealkylation sites (tertiary alicyclic amines) is 1. The predicted octanol–water partition coefficient (Wildman–Crippen LogP) is 3.75. The summed E-state index contributed by atoms with van der Waals surface area (Å²) in [5, 5.41) is 19.8. The Labute approximate surface area is 209 Å². The lowest BCUT2D eigenvalue weighted by Crippen LogP contribution is -2.32. The molecule has 0 bridgehead atoms. The first-order valence-corrected chi connectivity index (χ1v) is 12.0. The molecule has 4 heterocycles. The van der Waals surface area contributed by atoms with Gasteiger partial charge in [-0.15, -0.1) is 0 Å². The summed E-state index contributed by atoms with van der Waals surface area (Å²) in [6.07, 6.45) is 4.11. The van der Waals surface area contributed by atoms with Crippen molar-refractivity contribution in [1.29, 1.82) is 0 Å². The van der Waals surface area contributed by atoms with Gasteiger partial charge in [0, 0.05) is 79.6 Å². The molecule has 1 aliphatic rings. The van der Waals surface area contributed by atoms with Crippen LogP contribution in [0.4, 0.5) is 11.6 Å². The largest absolute Gasteiger partial charge is 0.392 e. The second kappa shape index (κ2) is 9.58. The SMILES string of the molecule is COCC1C[C@@H](O)CN1Cc1cn(-c2ccnc(Nc3ccc4c(c3)c(Cl)c(C)n4C)n2)nc1C. The van der Waals surface area contributed by atoms with E-state index in [-0.39, 0.29) is 12.1 Å². The van der Waals surface area contributed by atoms with E-state index in [1.165, 1.54) is 0 Å². The topological polar surface area (TPSA) is 93.3 Å². The van der Waals surface area contributed by atoms with Crippen LogP contribution in [0.25, 0.3) is 16.7 Å². The standard InChI is InChI=1S/C25H30ClN7O2/c1-15-17(11-32-13-20(34)10-19(32)14-35-4)12-33(30-15)23-7-8-27-25(29-23)28-18-5-6-22-21(9-18)24(26)16(2)31(22)3/h5-9,12,19-20,34H,10-11,13-14H2,1-4H3,(H,27,28,29)/t19?,20-/m1/s1. The third-order valence-electron chi connectivity index (χ3n) is 6.79. The normalized spacial score (nSPS) is 18.6. The number of nitrogens with one attached hydrogen (secondary N) is 1. The van der Waals surface area contributed by atoms with Crippen molar-refractivity contribution < 1.29 is 9.84 Å². The fraction of sp³-hybridized carbons (Fsp3) is 0.400. The Morgan fingerprint density at radius 3 is 2.89 bits per heavy atom. The summed E-state index contributed by atoms with van der Waals surface area (Å²) in [6, 6.07) is 8.07. The van der Waals surface area contributed by atoms with E-state index in [1.807, 2.05) is 51.4 Å². The molecule has 4 aromatic rings. The summed E-state index contributed by atoms with van der Waals surface area (Å²) in [7, 11) is 3.70. The molecule has 0 amide bonds. The molecule has 0 aliphatic carbocycles. The Kier molecular flexibility index (Phi) is 6.50. The Morgan fingerprint density at radius 1 is 1.26 bits per heavy atom. The fourth-order valence-corrected chi connectivity index (χ4v) is 5.05. The second-order valence-corrected chi connectivity index (χ2v) is 9.54. The number of benzene rings is 1. The van der Waals surface area contributed by atoms with Gasteiger partial charge < -0.3 is 19.7 Å². The molecule has 1 unspecified atom stereocenters. The van der Waals surface area contributed by atoms with Crippen molar-refractivity contribution >= 4 is 34.1 Å². The van der Waals surface area contributed by atoms with Crippen LogP contribution in [0, 0.1) is 13.8 Å². The highest BCUT2D eigenvalue weighted by Crippen LogP contribution is 2.32. The molecule has 1 fully saturated rings. The lowest BCUT2D eigenvalue weighted by Gasteiger charge is -2.22. The smallest absolute Gasteiger partial charge is 0.229 e. The van der Waals surface area contributed by atoms with E-state index >= 15 is 0 Å². The van der Waals surface area contributed by atoms with Crippen molar-refractivity contribution in [2.45, 2.75) is 39.0 Å². The van der Waals surface area contributed by atoms with Crippen molar-refractivity contribution in [2.75, 3.05) is 25.6 Å². The van der Waals surface area contributed by atoms with Gasteiger partial charge in [-0.1, -0.05) is 11.6 Å². The molecule has 1 saturated heterocycles. The first kappa shape index (κ1) is 23.7. The number of halogens is 1. The van der Waals surface area contributed by atoms with Gasteiger partial charge in [0.05, 0.1) is 23.4 Å². The van der Waals surface area contributed by atoms with Gasteiger partial charge in [0.15, 0.2) is 5.82 Å². The second-order valence-electron chi connectivity index (χ2n) is 9.17. The van der Waals surface area contributed by atoms with Gasteiger partial charge >= 0.3 is 0 Å². The Hall–Kier alpha value is -2.98. The minimum Gasteiger partial charge on any atom is -0.392 e. The predicted molar refractivity (Wildman–Crippen MR) is 137 cm³/mol. The first-order valence-electron chi connectivity index (χ1n) is 11.6. The number of ether oxygens (including phenoxy) is 1. The van der Waals surface area contributed by atoms with Crippen LogP contribution in [0.3, 0.4) is 0 Å². The van der Waals surface area contributed by atoms with Crippen LogP contribution in [-0.4, -0.2) is 66.7 Å². The third-order valence-corrected chi connectivity index (χ3v) is 7.26. The average molecular weight is 496 g/mol. The lowest BCUT2D eigenvalue weighted by atomic mass is 10.2. The quantitative estimate of drug-likeness (QED) is 0.403. The Balaban J connectivity index is 1.36. The molecule has 184 valence electrons. The highest BCUT2D eigenvalue weighted by Gasteiger charge is 2.31. The number of fused-ring (bicyclic) bond motifs is 1. The minimum absolute atomic E-state index is 0.201. The van der Waals surface area contributed by atoms with Crippen LogP contribution in [0.1, 0.15) is 23.4 Å². The van der Waals surface area contributed by atoms with E-state index in [0.717, 1.165) is 45.0 Å². The molecule has 0 saturated carbocycles. The van der Waals surface area contributed by atoms with Crippen LogP contribution in [0.5, 0.6) is 0 Å². The number of aryl methyl sites for hydroxylation is 2. The number of rotatable bonds is 7. The molecule has 2 atom stereocenters. The van der Waals surface area contributed by atoms with Crippen LogP contribution < -0.4 is 5.32 Å². The summed E-state index contributed by atoms with van der Waals surface area (Å²) in [5.74, 6) is 1.14. The van der Waals surface area contributed by atoms with Crippen LogP contribution >= 0.6 is 11.6 Å². The number of aliphatic hydroxyl groups is 1. The summed E-state index contributed by atoms with van der Waals surface area (Å²) in [6.45, 7) is 5.93. The molecule has 10 heteroatoms. The molecule has 2 N–H and O–H groups in total. The number of nitrogens with zero attached hydrogens (tertiary/aromatic N) is 6. The van der Waals surface area contributed by atoms with E-state index in [1.54, 1.807) is 18.0 Å². The highest BCUT2D eigenvalue weighted by atomic mass is 35.5. The number of methoxy groups -OCH3 is 1. The highest BCUT2D eigenvalue weighted by molar-refractivity contribution is 6.36. The maximum Gasteiger partial charge on any atom is 0.229 e. The van der Waals surface area contributed by atoms with Gasteiger partial charge in [0.25, 0.3) is 0 Å². The van der Waals surface area contributed by atoms with E-state index < -0.39 is 0 Å². The molecule has 0 spiro atoms. The van der Waals surface area contributed by atoms with Gasteiger partial charge in [0.2, 0.25) is 5.95 Å². The number of aliphatic hydroxyl groups excluding tert-OH is 1. The van der Waals surface area contributed by atoms with Crippen molar-refractivity contribution in [3.05, 3.63) is 58.6 Å². The van der Waals surface area contributed by atoms with Crippen molar-refractivity contribution in [3.63, 3.8) is 0 Å². The fourth-order valence-electron chi connectivity index (χ4n) is 4.78. The maximum absolute atomic E-state index is 10.1. The van der Waals surface area contributed by atoms with E-state index in [4.69, 9.17) is 16.3 Å². The van der Waals surface area contributed by atoms with E-state index in [2.05, 4.69) is 29.9 Å². The third kappa shape index (κ3) is 4.64. The summed E-state index contributed by atoms with van der Waals surface area (Å²) in [5.41, 5.74) is 4.98. The Bertz CT molecular complexity index is 1370. The maximum atomic E-state index is 10.1. The van der Waals surface area contributed by atoms with E-state index in [9.17, 15) is 5.11 Å². The van der Waals surface area contributed by atoms with Gasteiger partial charge in [-0.25, -0.2) is 9.67 Å². The number of aromatic nitrogens is 5. The number of hydrogen-bond acceptors (Lipinski definition) is 7. The zero-order valence-corrected chi connectivity index (χ0v) is 21.1. The number of anilines is 2. The van der Waals surface area contributed by atoms with Gasteiger partial charge in [-0.2, -0.15) is 10.1 Å². The number of β-amino-alcohol motifs (C(OH)–C–C–N with tert-alkyl or cyclic N) is 1. The molecule has 5 rings (SSSR count). The molecule has 1 aliphatic heterocycles. The van der Waals surface area contributed by atoms with E-state index in [0.29, 0.717) is 31.5 Å². The lowest BCUT2D eigenvalue weighted by molar-refractivity contribution is 0.111. The molecule has 3 aromatic heterocycles. The average Bonchev–Trinajstić information content (AvgIpc) is 3.45. The zero-order chi connectivity index (χ0) is 24.7. The molecular formula is C25H30ClN7O2. The molecule has 9 nitrogen and oxygen atoms in total. The van der Waals surface area contributed by atoms with Crippen LogP contribution in [0.2, 0.25) is 5.02 Å². The molecule has 0 radical (unpaired) electrons. The van der Waals surface area contributed by atoms with Crippen molar-refractivity contribution in [1.82, 2.24) is 29.2 Å². The van der Waals surface area contributed by atoms with Crippen molar-refractivity contribution in [2.24, 2.45) is 7.05 Å². The molecule has 1 aromatic carbocycles. The van der Waals surface area contributed by atoms with Crippen molar-refractivity contribution in [3.8, 4) is 5.82 Å². The van der Waals surface area contributed by atoms with Crippen LogP contribution in [-0.2, 0) is 18.3 Å². The van der Waals surface area contributed by atoms with Gasteiger partial charge in [0.1, 0.15) is 0 Å². The monoisotopic (exact) mass is 495 g/mol. The minimum atomic E-state index is -0.324. The summed E-state index contributed by atoms with van der Waals surface area (Å²) in [4.78, 5) is 11.3. The summed E-state index contributed by atoms with van der Waals surface area (Å²) < 4.78 is 9.19. The molecule has 35 heavy (non-hydrogen) atoms. The molecular weight excluding hydrogens is 466 g/mol. The van der Waals surface area contributed by atoms with Gasteiger partial charge in [-0.05, 0) is 38.5 Å². The Morgan fingerprint density at radius 2 is 2.09 bits per heavy atom. The van der Waals surface area contributed by atoms with Gasteiger partial charge in [-0.3, -0.25) is 4.90 Å². The van der Waals surface area contributed by atoms with Crippen LogP contribution in [0.15, 0.2) is 36.7 Å². The zero-order valence-electron chi connectivity index (χ0n) is 20.4. The number of hydrogen-bond donors (Lipinski definition) is 2. The summed E-state index contributed by atoms with van der Waals surface area (Å²) >= 11 is 6.52.